The van der Waals surface area contributed by atoms with Crippen molar-refractivity contribution >= 4 is 16.9 Å². The van der Waals surface area contributed by atoms with Crippen LogP contribution >= 0.6 is 0 Å². The Morgan fingerprint density at radius 1 is 1.13 bits per heavy atom. The second kappa shape index (κ2) is 7.95. The first-order valence-corrected chi connectivity index (χ1v) is 11.3. The number of benzene rings is 1. The van der Waals surface area contributed by atoms with Crippen molar-refractivity contribution in [3.05, 3.63) is 47.8 Å². The first kappa shape index (κ1) is 19.4. The summed E-state index contributed by atoms with van der Waals surface area (Å²) in [5.41, 5.74) is 5.00. The van der Waals surface area contributed by atoms with Gasteiger partial charge in [0.2, 0.25) is 0 Å². The monoisotopic (exact) mass is 402 g/mol. The first-order valence-electron chi connectivity index (χ1n) is 11.3. The number of hydrogen-bond acceptors (Lipinski definition) is 4. The van der Waals surface area contributed by atoms with Crippen LogP contribution in [0.25, 0.3) is 22.4 Å². The maximum absolute atomic E-state index is 13.4. The van der Waals surface area contributed by atoms with Crippen molar-refractivity contribution in [2.45, 2.75) is 58.4 Å². The molecule has 0 unspecified atom stereocenters. The van der Waals surface area contributed by atoms with Crippen LogP contribution in [0, 0.1) is 5.41 Å². The van der Waals surface area contributed by atoms with Gasteiger partial charge in [-0.2, -0.15) is 0 Å². The van der Waals surface area contributed by atoms with Crippen LogP contribution in [-0.2, 0) is 6.54 Å². The third-order valence-electron chi connectivity index (χ3n) is 6.96. The molecule has 30 heavy (non-hydrogen) atoms. The molecule has 1 saturated carbocycles. The predicted molar refractivity (Wildman–Crippen MR) is 119 cm³/mol. The smallest absolute Gasteiger partial charge is 0.172 e. The van der Waals surface area contributed by atoms with E-state index in [2.05, 4.69) is 46.1 Å². The SMILES string of the molecule is CC1(C(=O)c2c[nH]c3ncc(-c4cccc(CN5CCCC5)c4)nc23)CCCCC1. The average molecular weight is 403 g/mol. The molecule has 2 aliphatic rings. The number of nitrogens with one attached hydrogen (secondary N) is 1. The van der Waals surface area contributed by atoms with Crippen molar-refractivity contribution in [2.24, 2.45) is 5.41 Å². The zero-order chi connectivity index (χ0) is 20.6. The highest BCUT2D eigenvalue weighted by molar-refractivity contribution is 6.08. The molecule has 1 saturated heterocycles. The van der Waals surface area contributed by atoms with Crippen molar-refractivity contribution in [1.29, 1.82) is 0 Å². The van der Waals surface area contributed by atoms with Gasteiger partial charge in [0, 0.05) is 23.7 Å². The molecule has 0 amide bonds. The van der Waals surface area contributed by atoms with E-state index in [1.807, 2.05) is 6.20 Å². The molecule has 1 N–H and O–H groups in total. The van der Waals surface area contributed by atoms with Crippen LogP contribution in [0.3, 0.4) is 0 Å². The van der Waals surface area contributed by atoms with Crippen molar-refractivity contribution < 1.29 is 4.79 Å². The number of fused-ring (bicyclic) bond motifs is 1. The lowest BCUT2D eigenvalue weighted by Crippen LogP contribution is -2.30. The van der Waals surface area contributed by atoms with Crippen molar-refractivity contribution in [2.75, 3.05) is 13.1 Å². The summed E-state index contributed by atoms with van der Waals surface area (Å²) in [5.74, 6) is 0.211. The number of carbonyl (C=O) groups is 1. The third kappa shape index (κ3) is 3.67. The van der Waals surface area contributed by atoms with Crippen LogP contribution in [0.1, 0.15) is 67.8 Å². The summed E-state index contributed by atoms with van der Waals surface area (Å²) in [5, 5.41) is 0. The second-order valence-corrected chi connectivity index (χ2v) is 9.29. The lowest BCUT2D eigenvalue weighted by atomic mass is 9.71. The number of aromatic amines is 1. The number of ketones is 1. The molecule has 2 aromatic heterocycles. The number of aromatic nitrogens is 3. The number of hydrogen-bond donors (Lipinski definition) is 1. The lowest BCUT2D eigenvalue weighted by Gasteiger charge is -2.31. The standard InChI is InChI=1S/C25H30N4O/c1-25(10-3-2-4-11-25)23(30)20-15-26-24-22(20)28-21(16-27-24)19-9-7-8-18(14-19)17-29-12-5-6-13-29/h7-9,14-16H,2-6,10-13,17H2,1H3,(H,26,27). The minimum atomic E-state index is -0.277. The summed E-state index contributed by atoms with van der Waals surface area (Å²) in [4.78, 5) is 28.5. The van der Waals surface area contributed by atoms with E-state index < -0.39 is 0 Å². The molecule has 5 nitrogen and oxygen atoms in total. The Balaban J connectivity index is 1.46. The molecular formula is C25H30N4O. The van der Waals surface area contributed by atoms with Gasteiger partial charge in [-0.3, -0.25) is 9.69 Å². The van der Waals surface area contributed by atoms with Gasteiger partial charge in [-0.25, -0.2) is 9.97 Å². The lowest BCUT2D eigenvalue weighted by molar-refractivity contribution is 0.0751. The van der Waals surface area contributed by atoms with E-state index in [-0.39, 0.29) is 11.2 Å². The Morgan fingerprint density at radius 3 is 2.73 bits per heavy atom. The summed E-state index contributed by atoms with van der Waals surface area (Å²) in [6, 6.07) is 8.58. The molecule has 5 rings (SSSR count). The van der Waals surface area contributed by atoms with Gasteiger partial charge < -0.3 is 4.98 Å². The summed E-state index contributed by atoms with van der Waals surface area (Å²) in [6.07, 6.45) is 11.6. The summed E-state index contributed by atoms with van der Waals surface area (Å²) in [7, 11) is 0. The van der Waals surface area contributed by atoms with Crippen LogP contribution in [0.2, 0.25) is 0 Å². The van der Waals surface area contributed by atoms with Crippen LogP contribution in [0.5, 0.6) is 0 Å². The minimum absolute atomic E-state index is 0.211. The zero-order valence-corrected chi connectivity index (χ0v) is 17.8. The van der Waals surface area contributed by atoms with Gasteiger partial charge in [-0.05, 0) is 50.4 Å². The van der Waals surface area contributed by atoms with Gasteiger partial charge in [0.25, 0.3) is 0 Å². The predicted octanol–water partition coefficient (Wildman–Crippen LogP) is 5.37. The largest absolute Gasteiger partial charge is 0.344 e. The Kier molecular flexibility index (Phi) is 5.15. The van der Waals surface area contributed by atoms with E-state index in [1.165, 1.54) is 37.9 Å². The molecule has 3 aromatic rings. The van der Waals surface area contributed by atoms with Gasteiger partial charge >= 0.3 is 0 Å². The Bertz CT molecular complexity index is 1060. The average Bonchev–Trinajstić information content (AvgIpc) is 3.43. The van der Waals surface area contributed by atoms with Gasteiger partial charge in [0.15, 0.2) is 11.4 Å². The van der Waals surface area contributed by atoms with Crippen LogP contribution in [-0.4, -0.2) is 38.7 Å². The molecule has 3 heterocycles. The molecule has 1 aliphatic carbocycles. The molecule has 1 aliphatic heterocycles. The Morgan fingerprint density at radius 2 is 1.93 bits per heavy atom. The molecule has 156 valence electrons. The fourth-order valence-corrected chi connectivity index (χ4v) is 5.12. The highest BCUT2D eigenvalue weighted by Crippen LogP contribution is 2.39. The molecule has 0 atom stereocenters. The van der Waals surface area contributed by atoms with Gasteiger partial charge in [0.1, 0.15) is 5.52 Å². The fourth-order valence-electron chi connectivity index (χ4n) is 5.12. The Labute approximate surface area is 177 Å². The van der Waals surface area contributed by atoms with E-state index in [0.717, 1.165) is 43.5 Å². The van der Waals surface area contributed by atoms with Crippen molar-refractivity contribution in [3.63, 3.8) is 0 Å². The van der Waals surface area contributed by atoms with Crippen molar-refractivity contribution in [3.8, 4) is 11.3 Å². The van der Waals surface area contributed by atoms with Crippen molar-refractivity contribution in [1.82, 2.24) is 19.9 Å². The zero-order valence-electron chi connectivity index (χ0n) is 17.8. The van der Waals surface area contributed by atoms with E-state index in [1.54, 1.807) is 6.20 Å². The quantitative estimate of drug-likeness (QED) is 0.583. The summed E-state index contributed by atoms with van der Waals surface area (Å²) < 4.78 is 0. The minimum Gasteiger partial charge on any atom is -0.344 e. The summed E-state index contributed by atoms with van der Waals surface area (Å²) in [6.45, 7) is 5.47. The van der Waals surface area contributed by atoms with E-state index >= 15 is 0 Å². The second-order valence-electron chi connectivity index (χ2n) is 9.29. The molecule has 0 radical (unpaired) electrons. The molecular weight excluding hydrogens is 372 g/mol. The molecule has 0 spiro atoms. The van der Waals surface area contributed by atoms with E-state index in [4.69, 9.17) is 4.98 Å². The number of carbonyl (C=O) groups excluding carboxylic acids is 1. The first-order chi connectivity index (χ1) is 14.6. The normalized spacial score (nSPS) is 19.4. The van der Waals surface area contributed by atoms with E-state index in [0.29, 0.717) is 16.7 Å². The number of H-pyrrole nitrogens is 1. The van der Waals surface area contributed by atoms with Crippen LogP contribution < -0.4 is 0 Å². The maximum atomic E-state index is 13.4. The third-order valence-corrected chi connectivity index (χ3v) is 6.96. The summed E-state index contributed by atoms with van der Waals surface area (Å²) >= 11 is 0. The number of rotatable bonds is 5. The maximum Gasteiger partial charge on any atom is 0.172 e. The van der Waals surface area contributed by atoms with Crippen LogP contribution in [0.4, 0.5) is 0 Å². The van der Waals surface area contributed by atoms with Gasteiger partial charge in [-0.15, -0.1) is 0 Å². The van der Waals surface area contributed by atoms with Crippen LogP contribution in [0.15, 0.2) is 36.7 Å². The van der Waals surface area contributed by atoms with Gasteiger partial charge in [0.05, 0.1) is 17.5 Å². The topological polar surface area (TPSA) is 61.9 Å². The number of nitrogens with zero attached hydrogens (tertiary/aromatic N) is 3. The molecule has 5 heteroatoms. The molecule has 1 aromatic carbocycles. The fraction of sp³-hybridized carbons (Fsp3) is 0.480. The van der Waals surface area contributed by atoms with E-state index in [9.17, 15) is 4.79 Å². The highest BCUT2D eigenvalue weighted by atomic mass is 16.1. The molecule has 0 bridgehead atoms. The Hall–Kier alpha value is -2.53. The number of likely N-dealkylation sites (tertiary alicyclic amines) is 1. The number of Topliss-reactive ketones (excluding diaryl/α,β-unsaturated/α-hetero) is 1. The molecule has 2 fully saturated rings. The highest BCUT2D eigenvalue weighted by Gasteiger charge is 2.36. The van der Waals surface area contributed by atoms with Gasteiger partial charge in [-0.1, -0.05) is 44.4 Å².